The minimum absolute atomic E-state index is 0.210. The van der Waals surface area contributed by atoms with Crippen LogP contribution in [0.5, 0.6) is 0 Å². The molecule has 0 bridgehead atoms. The summed E-state index contributed by atoms with van der Waals surface area (Å²) >= 11 is 0. The average molecular weight is 211 g/mol. The van der Waals surface area contributed by atoms with Gasteiger partial charge in [0.2, 0.25) is 0 Å². The van der Waals surface area contributed by atoms with Gasteiger partial charge in [-0.3, -0.25) is 0 Å². The second-order valence-electron chi connectivity index (χ2n) is 4.14. The van der Waals surface area contributed by atoms with E-state index in [4.69, 9.17) is 4.74 Å². The standard InChI is InChI=1S/C11H21N3O/c1-8(2)12-6-10-7-13-11(14-10)5-9(3)15-4/h7-9,12H,5-6H2,1-4H3,(H,13,14). The van der Waals surface area contributed by atoms with E-state index < -0.39 is 0 Å². The molecular formula is C11H21N3O. The SMILES string of the molecule is COC(C)Cc1ncc(CNC(C)C)[nH]1. The number of hydrogen-bond acceptors (Lipinski definition) is 3. The summed E-state index contributed by atoms with van der Waals surface area (Å²) in [4.78, 5) is 7.59. The van der Waals surface area contributed by atoms with E-state index in [1.807, 2.05) is 13.1 Å². The molecule has 0 aliphatic rings. The summed E-state index contributed by atoms with van der Waals surface area (Å²) in [5, 5.41) is 3.34. The number of rotatable bonds is 6. The number of nitrogens with one attached hydrogen (secondary N) is 2. The fraction of sp³-hybridized carbons (Fsp3) is 0.727. The van der Waals surface area contributed by atoms with Gasteiger partial charge < -0.3 is 15.0 Å². The summed E-state index contributed by atoms with van der Waals surface area (Å²) in [6.45, 7) is 7.13. The highest BCUT2D eigenvalue weighted by Crippen LogP contribution is 2.02. The Bertz CT molecular complexity index is 283. The molecule has 4 nitrogen and oxygen atoms in total. The lowest BCUT2D eigenvalue weighted by Gasteiger charge is -2.07. The van der Waals surface area contributed by atoms with E-state index in [-0.39, 0.29) is 6.10 Å². The summed E-state index contributed by atoms with van der Waals surface area (Å²) in [5.41, 5.74) is 1.13. The van der Waals surface area contributed by atoms with E-state index in [9.17, 15) is 0 Å². The van der Waals surface area contributed by atoms with Gasteiger partial charge in [0.15, 0.2) is 0 Å². The number of aromatic nitrogens is 2. The monoisotopic (exact) mass is 211 g/mol. The molecule has 1 aromatic rings. The molecule has 1 atom stereocenters. The first-order valence-electron chi connectivity index (χ1n) is 5.40. The van der Waals surface area contributed by atoms with Crippen molar-refractivity contribution in [2.24, 2.45) is 0 Å². The summed E-state index contributed by atoms with van der Waals surface area (Å²) in [5.74, 6) is 0.991. The normalized spacial score (nSPS) is 13.4. The fourth-order valence-corrected chi connectivity index (χ4v) is 1.27. The van der Waals surface area contributed by atoms with Crippen molar-refractivity contribution in [1.82, 2.24) is 15.3 Å². The van der Waals surface area contributed by atoms with Gasteiger partial charge in [-0.15, -0.1) is 0 Å². The van der Waals surface area contributed by atoms with Crippen LogP contribution >= 0.6 is 0 Å². The molecule has 2 N–H and O–H groups in total. The number of nitrogens with zero attached hydrogens (tertiary/aromatic N) is 1. The Morgan fingerprint density at radius 1 is 1.47 bits per heavy atom. The lowest BCUT2D eigenvalue weighted by Crippen LogP contribution is -2.22. The Morgan fingerprint density at radius 2 is 2.20 bits per heavy atom. The first kappa shape index (κ1) is 12.2. The van der Waals surface area contributed by atoms with Crippen LogP contribution in [0.3, 0.4) is 0 Å². The van der Waals surface area contributed by atoms with Crippen molar-refractivity contribution in [3.05, 3.63) is 17.7 Å². The van der Waals surface area contributed by atoms with E-state index >= 15 is 0 Å². The Hall–Kier alpha value is -0.870. The Labute approximate surface area is 91.4 Å². The number of ether oxygens (including phenoxy) is 1. The largest absolute Gasteiger partial charge is 0.381 e. The molecule has 0 aliphatic carbocycles. The number of H-pyrrole nitrogens is 1. The van der Waals surface area contributed by atoms with E-state index in [0.717, 1.165) is 24.5 Å². The van der Waals surface area contributed by atoms with E-state index in [1.54, 1.807) is 7.11 Å². The number of imidazole rings is 1. The van der Waals surface area contributed by atoms with Crippen LogP contribution in [0.1, 0.15) is 32.3 Å². The second kappa shape index (κ2) is 5.88. The average Bonchev–Trinajstić information content (AvgIpc) is 2.62. The van der Waals surface area contributed by atoms with Crippen molar-refractivity contribution in [2.45, 2.75) is 45.9 Å². The van der Waals surface area contributed by atoms with Crippen molar-refractivity contribution < 1.29 is 4.74 Å². The second-order valence-corrected chi connectivity index (χ2v) is 4.14. The van der Waals surface area contributed by atoms with Gasteiger partial charge in [0.05, 0.1) is 6.10 Å². The van der Waals surface area contributed by atoms with Crippen molar-refractivity contribution in [3.8, 4) is 0 Å². The maximum atomic E-state index is 5.19. The molecule has 15 heavy (non-hydrogen) atoms. The molecule has 1 aromatic heterocycles. The van der Waals surface area contributed by atoms with Gasteiger partial charge in [0.25, 0.3) is 0 Å². The van der Waals surface area contributed by atoms with Crippen LogP contribution in [0.2, 0.25) is 0 Å². The highest BCUT2D eigenvalue weighted by molar-refractivity contribution is 5.01. The predicted molar refractivity (Wildman–Crippen MR) is 60.7 cm³/mol. The van der Waals surface area contributed by atoms with Gasteiger partial charge in [-0.1, -0.05) is 13.8 Å². The molecular weight excluding hydrogens is 190 g/mol. The lowest BCUT2D eigenvalue weighted by atomic mass is 10.3. The molecule has 0 saturated carbocycles. The minimum Gasteiger partial charge on any atom is -0.381 e. The van der Waals surface area contributed by atoms with Crippen LogP contribution in [0.15, 0.2) is 6.20 Å². The van der Waals surface area contributed by atoms with Crippen LogP contribution in [0.25, 0.3) is 0 Å². The molecule has 0 radical (unpaired) electrons. The first-order chi connectivity index (χ1) is 7.11. The molecule has 1 rings (SSSR count). The topological polar surface area (TPSA) is 49.9 Å². The maximum absolute atomic E-state index is 5.19. The molecule has 0 spiro atoms. The van der Waals surface area contributed by atoms with E-state index in [1.165, 1.54) is 0 Å². The third kappa shape index (κ3) is 4.44. The van der Waals surface area contributed by atoms with Gasteiger partial charge in [-0.2, -0.15) is 0 Å². The molecule has 0 aliphatic heterocycles. The predicted octanol–water partition coefficient (Wildman–Crippen LogP) is 1.49. The Morgan fingerprint density at radius 3 is 2.80 bits per heavy atom. The summed E-state index contributed by atoms with van der Waals surface area (Å²) < 4.78 is 5.19. The van der Waals surface area contributed by atoms with Gasteiger partial charge in [-0.25, -0.2) is 4.98 Å². The smallest absolute Gasteiger partial charge is 0.108 e. The Balaban J connectivity index is 2.42. The van der Waals surface area contributed by atoms with Crippen molar-refractivity contribution in [1.29, 1.82) is 0 Å². The zero-order chi connectivity index (χ0) is 11.3. The van der Waals surface area contributed by atoms with Crippen LogP contribution < -0.4 is 5.32 Å². The molecule has 1 unspecified atom stereocenters. The molecule has 0 saturated heterocycles. The van der Waals surface area contributed by atoms with Gasteiger partial charge in [0.1, 0.15) is 5.82 Å². The minimum atomic E-state index is 0.210. The van der Waals surface area contributed by atoms with Gasteiger partial charge >= 0.3 is 0 Å². The quantitative estimate of drug-likeness (QED) is 0.749. The molecule has 86 valence electrons. The fourth-order valence-electron chi connectivity index (χ4n) is 1.27. The third-order valence-corrected chi connectivity index (χ3v) is 2.27. The molecule has 0 fully saturated rings. The highest BCUT2D eigenvalue weighted by atomic mass is 16.5. The zero-order valence-electron chi connectivity index (χ0n) is 10.0. The Kier molecular flexibility index (Phi) is 4.78. The van der Waals surface area contributed by atoms with Gasteiger partial charge in [0, 0.05) is 38.0 Å². The maximum Gasteiger partial charge on any atom is 0.108 e. The summed E-state index contributed by atoms with van der Waals surface area (Å²) in [7, 11) is 1.72. The van der Waals surface area contributed by atoms with Crippen LogP contribution in [-0.2, 0) is 17.7 Å². The first-order valence-corrected chi connectivity index (χ1v) is 5.40. The summed E-state index contributed by atoms with van der Waals surface area (Å²) in [6.07, 6.45) is 2.92. The van der Waals surface area contributed by atoms with Crippen LogP contribution in [0.4, 0.5) is 0 Å². The van der Waals surface area contributed by atoms with Gasteiger partial charge in [-0.05, 0) is 6.92 Å². The van der Waals surface area contributed by atoms with E-state index in [0.29, 0.717) is 6.04 Å². The van der Waals surface area contributed by atoms with Crippen molar-refractivity contribution >= 4 is 0 Å². The zero-order valence-corrected chi connectivity index (χ0v) is 10.0. The van der Waals surface area contributed by atoms with Crippen molar-refractivity contribution in [3.63, 3.8) is 0 Å². The number of methoxy groups -OCH3 is 1. The highest BCUT2D eigenvalue weighted by Gasteiger charge is 2.05. The summed E-state index contributed by atoms with van der Waals surface area (Å²) in [6, 6.07) is 0.495. The van der Waals surface area contributed by atoms with Crippen molar-refractivity contribution in [2.75, 3.05) is 7.11 Å². The molecule has 0 aromatic carbocycles. The molecule has 1 heterocycles. The number of aromatic amines is 1. The van der Waals surface area contributed by atoms with Crippen LogP contribution in [0, 0.1) is 0 Å². The molecule has 4 heteroatoms. The third-order valence-electron chi connectivity index (χ3n) is 2.27. The van der Waals surface area contributed by atoms with E-state index in [2.05, 4.69) is 29.1 Å². The lowest BCUT2D eigenvalue weighted by molar-refractivity contribution is 0.117. The van der Waals surface area contributed by atoms with Crippen LogP contribution in [-0.4, -0.2) is 29.2 Å². The number of hydrogen-bond donors (Lipinski definition) is 2. The molecule has 0 amide bonds.